The standard InChI is InChI=1S/C13H16N2S/c1-9-5-6-11-12(7-9)16-13(15-11)14-8-10-3-2-4-10/h5-7,10H,2-4,8H2,1H3,(H,14,15). The fraction of sp³-hybridized carbons (Fsp3) is 0.462. The molecule has 0 amide bonds. The molecule has 0 unspecified atom stereocenters. The highest BCUT2D eigenvalue weighted by Gasteiger charge is 2.17. The molecule has 0 bridgehead atoms. The zero-order chi connectivity index (χ0) is 11.0. The molecule has 1 aliphatic carbocycles. The summed E-state index contributed by atoms with van der Waals surface area (Å²) in [7, 11) is 0. The molecular formula is C13H16N2S. The lowest BCUT2D eigenvalue weighted by atomic mass is 9.86. The van der Waals surface area contributed by atoms with E-state index in [0.29, 0.717) is 0 Å². The van der Waals surface area contributed by atoms with Crippen LogP contribution in [0.15, 0.2) is 18.2 Å². The maximum Gasteiger partial charge on any atom is 0.183 e. The van der Waals surface area contributed by atoms with E-state index in [9.17, 15) is 0 Å². The van der Waals surface area contributed by atoms with Crippen LogP contribution in [0.4, 0.5) is 5.13 Å². The zero-order valence-electron chi connectivity index (χ0n) is 9.49. The van der Waals surface area contributed by atoms with Crippen LogP contribution in [0.25, 0.3) is 10.2 Å². The minimum atomic E-state index is 0.883. The minimum absolute atomic E-state index is 0.883. The van der Waals surface area contributed by atoms with Crippen LogP contribution in [0.3, 0.4) is 0 Å². The summed E-state index contributed by atoms with van der Waals surface area (Å²) in [6, 6.07) is 6.44. The van der Waals surface area contributed by atoms with Crippen LogP contribution in [-0.2, 0) is 0 Å². The van der Waals surface area contributed by atoms with Gasteiger partial charge in [0.15, 0.2) is 5.13 Å². The van der Waals surface area contributed by atoms with Crippen molar-refractivity contribution in [3.8, 4) is 0 Å². The Hall–Kier alpha value is -1.09. The number of benzene rings is 1. The number of nitrogens with one attached hydrogen (secondary N) is 1. The predicted molar refractivity (Wildman–Crippen MR) is 70.2 cm³/mol. The summed E-state index contributed by atoms with van der Waals surface area (Å²) in [4.78, 5) is 4.59. The van der Waals surface area contributed by atoms with Crippen molar-refractivity contribution in [2.24, 2.45) is 5.92 Å². The summed E-state index contributed by atoms with van der Waals surface area (Å²) in [6.45, 7) is 3.22. The van der Waals surface area contributed by atoms with Crippen LogP contribution < -0.4 is 5.32 Å². The Bertz CT molecular complexity index is 500. The summed E-state index contributed by atoms with van der Waals surface area (Å²) in [6.07, 6.45) is 4.18. The van der Waals surface area contributed by atoms with Gasteiger partial charge >= 0.3 is 0 Å². The molecule has 1 heterocycles. The number of rotatable bonds is 3. The predicted octanol–water partition coefficient (Wildman–Crippen LogP) is 3.82. The van der Waals surface area contributed by atoms with Gasteiger partial charge in [-0.3, -0.25) is 0 Å². The van der Waals surface area contributed by atoms with Gasteiger partial charge in [0.2, 0.25) is 0 Å². The van der Waals surface area contributed by atoms with Crippen molar-refractivity contribution in [2.75, 3.05) is 11.9 Å². The number of aryl methyl sites for hydroxylation is 1. The highest BCUT2D eigenvalue weighted by molar-refractivity contribution is 7.22. The maximum atomic E-state index is 4.59. The van der Waals surface area contributed by atoms with Gasteiger partial charge in [-0.25, -0.2) is 4.98 Å². The molecule has 84 valence electrons. The number of hydrogen-bond acceptors (Lipinski definition) is 3. The average molecular weight is 232 g/mol. The van der Waals surface area contributed by atoms with Gasteiger partial charge in [0.05, 0.1) is 10.2 Å². The Labute approximate surface area is 99.7 Å². The summed E-state index contributed by atoms with van der Waals surface area (Å²) in [5.41, 5.74) is 2.42. The number of aromatic nitrogens is 1. The zero-order valence-corrected chi connectivity index (χ0v) is 10.3. The van der Waals surface area contributed by atoms with Crippen molar-refractivity contribution in [1.29, 1.82) is 0 Å². The first kappa shape index (κ1) is 10.1. The number of thiazole rings is 1. The highest BCUT2D eigenvalue weighted by atomic mass is 32.1. The number of fused-ring (bicyclic) bond motifs is 1. The lowest BCUT2D eigenvalue weighted by molar-refractivity contribution is 0.333. The molecule has 0 radical (unpaired) electrons. The van der Waals surface area contributed by atoms with E-state index in [1.54, 1.807) is 11.3 Å². The van der Waals surface area contributed by atoms with E-state index in [1.807, 2.05) is 0 Å². The van der Waals surface area contributed by atoms with Crippen molar-refractivity contribution >= 4 is 26.7 Å². The van der Waals surface area contributed by atoms with E-state index in [-0.39, 0.29) is 0 Å². The first-order valence-electron chi connectivity index (χ1n) is 5.92. The quantitative estimate of drug-likeness (QED) is 0.870. The average Bonchev–Trinajstić information content (AvgIpc) is 2.57. The molecule has 1 N–H and O–H groups in total. The molecule has 1 fully saturated rings. The van der Waals surface area contributed by atoms with Gasteiger partial charge in [0.25, 0.3) is 0 Å². The van der Waals surface area contributed by atoms with Crippen LogP contribution in [0.5, 0.6) is 0 Å². The topological polar surface area (TPSA) is 24.9 Å². The molecule has 0 saturated heterocycles. The van der Waals surface area contributed by atoms with Crippen LogP contribution in [0, 0.1) is 12.8 Å². The Morgan fingerprint density at radius 3 is 3.06 bits per heavy atom. The van der Waals surface area contributed by atoms with Crippen molar-refractivity contribution < 1.29 is 0 Å². The summed E-state index contributed by atoms with van der Waals surface area (Å²) >= 11 is 1.77. The monoisotopic (exact) mass is 232 g/mol. The molecule has 1 aliphatic rings. The number of hydrogen-bond donors (Lipinski definition) is 1. The second-order valence-corrected chi connectivity index (χ2v) is 5.70. The molecule has 1 saturated carbocycles. The smallest absolute Gasteiger partial charge is 0.183 e. The van der Waals surface area contributed by atoms with Crippen LogP contribution in [0.2, 0.25) is 0 Å². The molecule has 3 heteroatoms. The molecule has 0 atom stereocenters. The molecular weight excluding hydrogens is 216 g/mol. The molecule has 0 spiro atoms. The molecule has 16 heavy (non-hydrogen) atoms. The van der Waals surface area contributed by atoms with Gasteiger partial charge in [-0.05, 0) is 43.4 Å². The van der Waals surface area contributed by atoms with E-state index >= 15 is 0 Å². The second-order valence-electron chi connectivity index (χ2n) is 4.67. The molecule has 2 aromatic rings. The van der Waals surface area contributed by atoms with Crippen LogP contribution in [0.1, 0.15) is 24.8 Å². The summed E-state index contributed by atoms with van der Waals surface area (Å²) < 4.78 is 1.29. The fourth-order valence-corrected chi connectivity index (χ4v) is 3.01. The van der Waals surface area contributed by atoms with Crippen molar-refractivity contribution in [1.82, 2.24) is 4.98 Å². The molecule has 1 aromatic carbocycles. The van der Waals surface area contributed by atoms with Crippen molar-refractivity contribution in [3.63, 3.8) is 0 Å². The molecule has 2 nitrogen and oxygen atoms in total. The Morgan fingerprint density at radius 2 is 2.31 bits per heavy atom. The lowest BCUT2D eigenvalue weighted by Gasteiger charge is -2.25. The second kappa shape index (κ2) is 4.06. The Kier molecular flexibility index (Phi) is 2.56. The fourth-order valence-electron chi connectivity index (χ4n) is 2.04. The van der Waals surface area contributed by atoms with E-state index < -0.39 is 0 Å². The maximum absolute atomic E-state index is 4.59. The highest BCUT2D eigenvalue weighted by Crippen LogP contribution is 2.29. The summed E-state index contributed by atoms with van der Waals surface area (Å²) in [5, 5.41) is 4.54. The Balaban J connectivity index is 1.76. The van der Waals surface area contributed by atoms with Gasteiger partial charge < -0.3 is 5.32 Å². The van der Waals surface area contributed by atoms with Crippen molar-refractivity contribution in [2.45, 2.75) is 26.2 Å². The number of nitrogens with zero attached hydrogens (tertiary/aromatic N) is 1. The third-order valence-corrected chi connectivity index (χ3v) is 4.29. The first-order valence-corrected chi connectivity index (χ1v) is 6.74. The Morgan fingerprint density at radius 1 is 1.44 bits per heavy atom. The van der Waals surface area contributed by atoms with Crippen molar-refractivity contribution in [3.05, 3.63) is 23.8 Å². The third kappa shape index (κ3) is 1.92. The summed E-state index contributed by atoms with van der Waals surface area (Å²) in [5.74, 6) is 0.883. The molecule has 0 aliphatic heterocycles. The van der Waals surface area contributed by atoms with Gasteiger partial charge in [-0.15, -0.1) is 0 Å². The first-order chi connectivity index (χ1) is 7.81. The number of anilines is 1. The lowest BCUT2D eigenvalue weighted by Crippen LogP contribution is -2.20. The van der Waals surface area contributed by atoms with Crippen LogP contribution >= 0.6 is 11.3 Å². The van der Waals surface area contributed by atoms with E-state index in [2.05, 4.69) is 35.4 Å². The molecule has 1 aromatic heterocycles. The van der Waals surface area contributed by atoms with E-state index in [4.69, 9.17) is 0 Å². The van der Waals surface area contributed by atoms with E-state index in [0.717, 1.165) is 23.1 Å². The third-order valence-electron chi connectivity index (χ3n) is 3.31. The normalized spacial score (nSPS) is 16.3. The van der Waals surface area contributed by atoms with E-state index in [1.165, 1.54) is 29.5 Å². The molecule has 3 rings (SSSR count). The van der Waals surface area contributed by atoms with Gasteiger partial charge in [-0.2, -0.15) is 0 Å². The minimum Gasteiger partial charge on any atom is -0.361 e. The van der Waals surface area contributed by atoms with Gasteiger partial charge in [0, 0.05) is 6.54 Å². The van der Waals surface area contributed by atoms with Crippen LogP contribution in [-0.4, -0.2) is 11.5 Å². The SMILES string of the molecule is Cc1ccc2nc(NCC3CCC3)sc2c1. The largest absolute Gasteiger partial charge is 0.361 e. The van der Waals surface area contributed by atoms with Gasteiger partial charge in [-0.1, -0.05) is 23.8 Å². The van der Waals surface area contributed by atoms with Gasteiger partial charge in [0.1, 0.15) is 0 Å².